The van der Waals surface area contributed by atoms with Gasteiger partial charge in [-0.1, -0.05) is 0 Å². The summed E-state index contributed by atoms with van der Waals surface area (Å²) in [4.78, 5) is 21.7. The molecule has 0 aliphatic carbocycles. The first-order valence-electron chi connectivity index (χ1n) is 4.52. The fraction of sp³-hybridized carbons (Fsp3) is 0.333. The highest BCUT2D eigenvalue weighted by Gasteiger charge is 2.18. The summed E-state index contributed by atoms with van der Waals surface area (Å²) in [6.07, 6.45) is 0. The van der Waals surface area contributed by atoms with Crippen molar-refractivity contribution >= 4 is 23.3 Å². The maximum atomic E-state index is 11.2. The molecule has 0 fully saturated rings. The quantitative estimate of drug-likeness (QED) is 0.585. The van der Waals surface area contributed by atoms with E-state index in [4.69, 9.17) is 10.2 Å². The average Bonchev–Trinajstić information content (AvgIpc) is 2.75. The molecule has 1 unspecified atom stereocenters. The highest BCUT2D eigenvalue weighted by Crippen LogP contribution is 2.04. The Hall–Kier alpha value is -1.60. The van der Waals surface area contributed by atoms with Crippen LogP contribution in [0, 0.1) is 0 Å². The normalized spacial score (nSPS) is 11.8. The van der Waals surface area contributed by atoms with Crippen molar-refractivity contribution in [3.05, 3.63) is 22.4 Å². The summed E-state index contributed by atoms with van der Waals surface area (Å²) in [5.41, 5.74) is 0.941. The number of amides is 2. The Morgan fingerprint density at radius 2 is 2.25 bits per heavy atom. The minimum atomic E-state index is -1.28. The largest absolute Gasteiger partial charge is 0.480 e. The van der Waals surface area contributed by atoms with Crippen LogP contribution in [-0.2, 0) is 11.3 Å². The highest BCUT2D eigenvalue weighted by molar-refractivity contribution is 7.07. The molecule has 0 radical (unpaired) electrons. The highest BCUT2D eigenvalue weighted by atomic mass is 32.1. The maximum absolute atomic E-state index is 11.2. The number of carbonyl (C=O) groups excluding carboxylic acids is 1. The first-order valence-corrected chi connectivity index (χ1v) is 5.47. The van der Waals surface area contributed by atoms with Gasteiger partial charge in [0.15, 0.2) is 6.04 Å². The molecule has 0 aliphatic rings. The molecule has 88 valence electrons. The van der Waals surface area contributed by atoms with Crippen LogP contribution >= 0.6 is 11.3 Å². The monoisotopic (exact) mass is 244 g/mol. The Bertz CT molecular complexity index is 352. The zero-order valence-electron chi connectivity index (χ0n) is 8.34. The lowest BCUT2D eigenvalue weighted by atomic mass is 10.3. The fourth-order valence-electron chi connectivity index (χ4n) is 0.970. The summed E-state index contributed by atoms with van der Waals surface area (Å²) >= 11 is 1.51. The van der Waals surface area contributed by atoms with E-state index in [1.54, 1.807) is 0 Å². The van der Waals surface area contributed by atoms with Crippen molar-refractivity contribution in [2.45, 2.75) is 12.6 Å². The van der Waals surface area contributed by atoms with E-state index in [1.807, 2.05) is 16.8 Å². The summed E-state index contributed by atoms with van der Waals surface area (Å²) in [5.74, 6) is -1.27. The maximum Gasteiger partial charge on any atom is 0.328 e. The number of carboxylic acid groups (broad SMARTS) is 1. The van der Waals surface area contributed by atoms with Crippen LogP contribution in [0.4, 0.5) is 4.79 Å². The van der Waals surface area contributed by atoms with Crippen LogP contribution in [0.3, 0.4) is 0 Å². The van der Waals surface area contributed by atoms with E-state index in [2.05, 4.69) is 10.6 Å². The van der Waals surface area contributed by atoms with Crippen molar-refractivity contribution in [1.29, 1.82) is 0 Å². The second kappa shape index (κ2) is 6.09. The Morgan fingerprint density at radius 1 is 1.50 bits per heavy atom. The molecular formula is C9H12N2O4S. The number of nitrogens with one attached hydrogen (secondary N) is 2. The van der Waals surface area contributed by atoms with Gasteiger partial charge in [0.05, 0.1) is 6.61 Å². The van der Waals surface area contributed by atoms with Gasteiger partial charge in [0, 0.05) is 6.54 Å². The minimum Gasteiger partial charge on any atom is -0.480 e. The molecule has 1 rings (SSSR count). The van der Waals surface area contributed by atoms with E-state index in [0.717, 1.165) is 5.56 Å². The van der Waals surface area contributed by atoms with Gasteiger partial charge in [-0.05, 0) is 22.4 Å². The number of hydrogen-bond acceptors (Lipinski definition) is 4. The molecule has 0 spiro atoms. The summed E-state index contributed by atoms with van der Waals surface area (Å²) in [6, 6.07) is -0.0406. The Labute approximate surface area is 95.9 Å². The van der Waals surface area contributed by atoms with Crippen molar-refractivity contribution in [2.24, 2.45) is 0 Å². The molecule has 0 bridgehead atoms. The molecule has 2 amide bonds. The third-order valence-electron chi connectivity index (χ3n) is 1.82. The zero-order valence-corrected chi connectivity index (χ0v) is 9.16. The molecule has 1 aromatic rings. The van der Waals surface area contributed by atoms with Gasteiger partial charge in [0.25, 0.3) is 0 Å². The summed E-state index contributed by atoms with van der Waals surface area (Å²) in [5, 5.41) is 25.6. The molecular weight excluding hydrogens is 232 g/mol. The number of hydrogen-bond donors (Lipinski definition) is 4. The molecule has 7 heteroatoms. The van der Waals surface area contributed by atoms with E-state index < -0.39 is 24.6 Å². The Kier molecular flexibility index (Phi) is 4.74. The smallest absolute Gasteiger partial charge is 0.328 e. The van der Waals surface area contributed by atoms with Crippen molar-refractivity contribution in [3.63, 3.8) is 0 Å². The second-order valence-corrected chi connectivity index (χ2v) is 3.81. The molecule has 0 aromatic carbocycles. The molecule has 16 heavy (non-hydrogen) atoms. The predicted molar refractivity (Wildman–Crippen MR) is 58.2 cm³/mol. The van der Waals surface area contributed by atoms with Crippen LogP contribution in [0.2, 0.25) is 0 Å². The number of aliphatic carboxylic acids is 1. The van der Waals surface area contributed by atoms with Crippen LogP contribution in [0.1, 0.15) is 5.56 Å². The van der Waals surface area contributed by atoms with Crippen LogP contribution in [0.5, 0.6) is 0 Å². The van der Waals surface area contributed by atoms with Gasteiger partial charge >= 0.3 is 12.0 Å². The van der Waals surface area contributed by atoms with Gasteiger partial charge in [-0.15, -0.1) is 0 Å². The number of carbonyl (C=O) groups is 2. The lowest BCUT2D eigenvalue weighted by molar-refractivity contribution is -0.140. The third-order valence-corrected chi connectivity index (χ3v) is 2.55. The van der Waals surface area contributed by atoms with Gasteiger partial charge in [-0.2, -0.15) is 11.3 Å². The SMILES string of the molecule is O=C(NCc1ccsc1)NC(CO)C(=O)O. The van der Waals surface area contributed by atoms with Gasteiger partial charge in [0.2, 0.25) is 0 Å². The van der Waals surface area contributed by atoms with Crippen molar-refractivity contribution in [3.8, 4) is 0 Å². The molecule has 6 nitrogen and oxygen atoms in total. The van der Waals surface area contributed by atoms with E-state index in [0.29, 0.717) is 6.54 Å². The van der Waals surface area contributed by atoms with E-state index in [9.17, 15) is 9.59 Å². The van der Waals surface area contributed by atoms with Crippen LogP contribution in [-0.4, -0.2) is 34.9 Å². The average molecular weight is 244 g/mol. The van der Waals surface area contributed by atoms with Gasteiger partial charge in [-0.25, -0.2) is 9.59 Å². The van der Waals surface area contributed by atoms with E-state index >= 15 is 0 Å². The summed E-state index contributed by atoms with van der Waals surface area (Å²) < 4.78 is 0. The molecule has 1 heterocycles. The van der Waals surface area contributed by atoms with Crippen molar-refractivity contribution < 1.29 is 19.8 Å². The van der Waals surface area contributed by atoms with Crippen LogP contribution < -0.4 is 10.6 Å². The second-order valence-electron chi connectivity index (χ2n) is 3.03. The first-order chi connectivity index (χ1) is 7.63. The molecule has 0 saturated carbocycles. The number of urea groups is 1. The number of carboxylic acids is 1. The number of aliphatic hydroxyl groups is 1. The number of aliphatic hydroxyl groups excluding tert-OH is 1. The minimum absolute atomic E-state index is 0.326. The summed E-state index contributed by atoms with van der Waals surface area (Å²) in [7, 11) is 0. The predicted octanol–water partition coefficient (Wildman–Crippen LogP) is -0.00720. The first kappa shape index (κ1) is 12.5. The number of thiophene rings is 1. The van der Waals surface area contributed by atoms with Crippen LogP contribution in [0.25, 0.3) is 0 Å². The van der Waals surface area contributed by atoms with Gasteiger partial charge in [0.1, 0.15) is 0 Å². The van der Waals surface area contributed by atoms with Gasteiger partial charge in [-0.3, -0.25) is 0 Å². The van der Waals surface area contributed by atoms with E-state index in [-0.39, 0.29) is 0 Å². The molecule has 0 saturated heterocycles. The topological polar surface area (TPSA) is 98.7 Å². The molecule has 4 N–H and O–H groups in total. The lowest BCUT2D eigenvalue weighted by Crippen LogP contribution is -2.47. The van der Waals surface area contributed by atoms with Gasteiger partial charge < -0.3 is 20.8 Å². The molecule has 1 atom stereocenters. The standard InChI is InChI=1S/C9H12N2O4S/c12-4-7(8(13)14)11-9(15)10-3-6-1-2-16-5-6/h1-2,5,7,12H,3-4H2,(H,13,14)(H2,10,11,15). The molecule has 0 aliphatic heterocycles. The lowest BCUT2D eigenvalue weighted by Gasteiger charge is -2.12. The molecule has 1 aromatic heterocycles. The Morgan fingerprint density at radius 3 is 2.75 bits per heavy atom. The van der Waals surface area contributed by atoms with Crippen LogP contribution in [0.15, 0.2) is 16.8 Å². The Balaban J connectivity index is 2.33. The number of rotatable bonds is 5. The third kappa shape index (κ3) is 3.87. The zero-order chi connectivity index (χ0) is 12.0. The van der Waals surface area contributed by atoms with Crippen molar-refractivity contribution in [2.75, 3.05) is 6.61 Å². The fourth-order valence-corrected chi connectivity index (χ4v) is 1.64. The van der Waals surface area contributed by atoms with Crippen molar-refractivity contribution in [1.82, 2.24) is 10.6 Å². The summed E-state index contributed by atoms with van der Waals surface area (Å²) in [6.45, 7) is -0.311. The van der Waals surface area contributed by atoms with E-state index in [1.165, 1.54) is 11.3 Å².